The fraction of sp³-hybridized carbons (Fsp3) is 0.250. The molecule has 2 heterocycles. The molecule has 1 unspecified atom stereocenters. The second-order valence-electron chi connectivity index (χ2n) is 9.05. The lowest BCUT2D eigenvalue weighted by atomic mass is 10.1. The number of hydrogen-bond donors (Lipinski definition) is 2. The average Bonchev–Trinajstić information content (AvgIpc) is 3.58. The Bertz CT molecular complexity index is 1340. The van der Waals surface area contributed by atoms with Crippen LogP contribution in [0.5, 0.6) is 11.5 Å². The summed E-state index contributed by atoms with van der Waals surface area (Å²) < 4.78 is 10.8. The number of nitrogens with zero attached hydrogens (tertiary/aromatic N) is 2. The lowest BCUT2D eigenvalue weighted by Crippen LogP contribution is -2.53. The van der Waals surface area contributed by atoms with Crippen LogP contribution < -0.4 is 20.5 Å². The van der Waals surface area contributed by atoms with Gasteiger partial charge in [-0.25, -0.2) is 0 Å². The van der Waals surface area contributed by atoms with Crippen molar-refractivity contribution in [2.45, 2.75) is 26.2 Å². The number of nitrogens with one attached hydrogen (secondary N) is 1. The first-order valence-electron chi connectivity index (χ1n) is 12.1. The van der Waals surface area contributed by atoms with Gasteiger partial charge in [0.05, 0.1) is 0 Å². The van der Waals surface area contributed by atoms with Crippen LogP contribution in [0.4, 0.5) is 0 Å². The van der Waals surface area contributed by atoms with Gasteiger partial charge < -0.3 is 30.3 Å². The summed E-state index contributed by atoms with van der Waals surface area (Å²) in [5.41, 5.74) is 9.38. The summed E-state index contributed by atoms with van der Waals surface area (Å²) in [7, 11) is 0. The summed E-state index contributed by atoms with van der Waals surface area (Å²) >= 11 is 0. The molecule has 0 saturated carbocycles. The van der Waals surface area contributed by atoms with Crippen molar-refractivity contribution >= 4 is 17.7 Å². The lowest BCUT2D eigenvalue weighted by Gasteiger charge is -2.29. The van der Waals surface area contributed by atoms with E-state index in [1.54, 1.807) is 30.3 Å². The number of carbonyl (C=O) groups is 3. The fourth-order valence-electron chi connectivity index (χ4n) is 4.54. The van der Waals surface area contributed by atoms with Gasteiger partial charge in [-0.15, -0.1) is 0 Å². The Hall–Kier alpha value is -4.37. The molecule has 5 rings (SSSR count). The van der Waals surface area contributed by atoms with E-state index in [-0.39, 0.29) is 38.2 Å². The number of nitrogens with two attached hydrogens (primary N) is 1. The summed E-state index contributed by atoms with van der Waals surface area (Å²) in [5, 5.41) is 2.90. The van der Waals surface area contributed by atoms with E-state index >= 15 is 0 Å². The zero-order valence-electron chi connectivity index (χ0n) is 20.5. The number of ether oxygens (including phenoxy) is 2. The minimum Gasteiger partial charge on any atom is -0.454 e. The van der Waals surface area contributed by atoms with Gasteiger partial charge in [0.1, 0.15) is 0 Å². The molecule has 9 heteroatoms. The van der Waals surface area contributed by atoms with Gasteiger partial charge in [0.25, 0.3) is 17.7 Å². The van der Waals surface area contributed by atoms with Gasteiger partial charge in [-0.1, -0.05) is 42.0 Å². The van der Waals surface area contributed by atoms with Gasteiger partial charge in [0, 0.05) is 37.3 Å². The molecular weight excluding hydrogens is 472 g/mol. The van der Waals surface area contributed by atoms with Crippen LogP contribution in [0.2, 0.25) is 0 Å². The first kappa shape index (κ1) is 24.3. The van der Waals surface area contributed by atoms with E-state index in [2.05, 4.69) is 5.32 Å². The van der Waals surface area contributed by atoms with Crippen molar-refractivity contribution < 1.29 is 23.9 Å². The third-order valence-electron chi connectivity index (χ3n) is 6.54. The van der Waals surface area contributed by atoms with Crippen LogP contribution in [0.1, 0.15) is 37.4 Å². The molecule has 2 aliphatic heterocycles. The van der Waals surface area contributed by atoms with E-state index < -0.39 is 12.1 Å². The first-order chi connectivity index (χ1) is 17.9. The van der Waals surface area contributed by atoms with Crippen molar-refractivity contribution in [3.63, 3.8) is 0 Å². The quantitative estimate of drug-likeness (QED) is 0.537. The van der Waals surface area contributed by atoms with Crippen LogP contribution in [-0.4, -0.2) is 53.6 Å². The lowest BCUT2D eigenvalue weighted by molar-refractivity contribution is -0.128. The SMILES string of the molecule is Cc1ccc(C(=O)N2CCN(C(=O)c3ccc4c(c3)OCO4)C2C(=O)NCc2cccc(CN)c2)cc1. The monoisotopic (exact) mass is 500 g/mol. The van der Waals surface area contributed by atoms with E-state index in [1.165, 1.54) is 9.80 Å². The van der Waals surface area contributed by atoms with Crippen molar-refractivity contribution in [2.24, 2.45) is 5.73 Å². The number of fused-ring (bicyclic) bond motifs is 1. The highest BCUT2D eigenvalue weighted by Crippen LogP contribution is 2.33. The molecule has 3 N–H and O–H groups in total. The Balaban J connectivity index is 1.41. The molecule has 2 aliphatic rings. The molecule has 1 saturated heterocycles. The maximum Gasteiger partial charge on any atom is 0.264 e. The Morgan fingerprint density at radius 2 is 1.51 bits per heavy atom. The van der Waals surface area contributed by atoms with E-state index in [1.807, 2.05) is 43.3 Å². The minimum atomic E-state index is -1.11. The Morgan fingerprint density at radius 3 is 2.24 bits per heavy atom. The fourth-order valence-corrected chi connectivity index (χ4v) is 4.54. The molecule has 3 amide bonds. The predicted molar refractivity (Wildman–Crippen MR) is 136 cm³/mol. The van der Waals surface area contributed by atoms with Crippen molar-refractivity contribution in [3.05, 3.63) is 94.5 Å². The van der Waals surface area contributed by atoms with Gasteiger partial charge >= 0.3 is 0 Å². The van der Waals surface area contributed by atoms with Crippen LogP contribution in [0.15, 0.2) is 66.7 Å². The molecule has 9 nitrogen and oxygen atoms in total. The van der Waals surface area contributed by atoms with E-state index in [9.17, 15) is 14.4 Å². The molecule has 0 aromatic heterocycles. The molecule has 1 fully saturated rings. The molecule has 190 valence electrons. The topological polar surface area (TPSA) is 114 Å². The van der Waals surface area contributed by atoms with Gasteiger partial charge in [-0.2, -0.15) is 0 Å². The Kier molecular flexibility index (Phi) is 6.78. The largest absolute Gasteiger partial charge is 0.454 e. The number of carbonyl (C=O) groups excluding carboxylic acids is 3. The molecule has 1 atom stereocenters. The van der Waals surface area contributed by atoms with Crippen LogP contribution >= 0.6 is 0 Å². The predicted octanol–water partition coefficient (Wildman–Crippen LogP) is 2.42. The number of aryl methyl sites for hydroxylation is 1. The van der Waals surface area contributed by atoms with Crippen molar-refractivity contribution in [2.75, 3.05) is 19.9 Å². The summed E-state index contributed by atoms with van der Waals surface area (Å²) in [6, 6.07) is 19.6. The highest BCUT2D eigenvalue weighted by molar-refractivity contribution is 6.02. The zero-order chi connectivity index (χ0) is 25.9. The summed E-state index contributed by atoms with van der Waals surface area (Å²) in [6.45, 7) is 3.09. The van der Waals surface area contributed by atoms with E-state index in [4.69, 9.17) is 15.2 Å². The van der Waals surface area contributed by atoms with Crippen molar-refractivity contribution in [3.8, 4) is 11.5 Å². The number of amides is 3. The summed E-state index contributed by atoms with van der Waals surface area (Å²) in [4.78, 5) is 43.4. The molecule has 0 radical (unpaired) electrons. The highest BCUT2D eigenvalue weighted by Gasteiger charge is 2.43. The van der Waals surface area contributed by atoms with Gasteiger partial charge in [0.15, 0.2) is 17.7 Å². The van der Waals surface area contributed by atoms with E-state index in [0.29, 0.717) is 29.2 Å². The van der Waals surface area contributed by atoms with Crippen LogP contribution in [0.3, 0.4) is 0 Å². The van der Waals surface area contributed by atoms with Gasteiger partial charge in [0.2, 0.25) is 6.79 Å². The molecular formula is C28H28N4O5. The third-order valence-corrected chi connectivity index (χ3v) is 6.54. The minimum absolute atomic E-state index is 0.0892. The summed E-state index contributed by atoms with van der Waals surface area (Å²) in [6.07, 6.45) is -1.11. The molecule has 37 heavy (non-hydrogen) atoms. The number of benzene rings is 3. The number of hydrogen-bond acceptors (Lipinski definition) is 6. The Labute approximate surface area is 214 Å². The summed E-state index contributed by atoms with van der Waals surface area (Å²) in [5.74, 6) is -0.0965. The second-order valence-corrected chi connectivity index (χ2v) is 9.05. The number of rotatable bonds is 6. The Morgan fingerprint density at radius 1 is 0.865 bits per heavy atom. The highest BCUT2D eigenvalue weighted by atomic mass is 16.7. The average molecular weight is 501 g/mol. The van der Waals surface area contributed by atoms with Crippen LogP contribution in [-0.2, 0) is 17.9 Å². The van der Waals surface area contributed by atoms with Crippen molar-refractivity contribution in [1.29, 1.82) is 0 Å². The molecule has 0 spiro atoms. The standard InChI is InChI=1S/C28H28N4O5/c1-18-5-7-21(8-6-18)27(34)31-11-12-32(28(35)22-9-10-23-24(14-22)37-17-36-23)26(31)25(33)30-16-20-4-2-3-19(13-20)15-29/h2-10,13-14,26H,11-12,15-17,29H2,1H3,(H,30,33). The molecule has 3 aromatic rings. The maximum atomic E-state index is 13.6. The zero-order valence-corrected chi connectivity index (χ0v) is 20.5. The molecule has 0 bridgehead atoms. The molecule has 3 aromatic carbocycles. The van der Waals surface area contributed by atoms with Crippen LogP contribution in [0, 0.1) is 6.92 Å². The van der Waals surface area contributed by atoms with Crippen molar-refractivity contribution in [1.82, 2.24) is 15.1 Å². The van der Waals surface area contributed by atoms with Gasteiger partial charge in [-0.3, -0.25) is 14.4 Å². The second kappa shape index (κ2) is 10.3. The maximum absolute atomic E-state index is 13.6. The van der Waals surface area contributed by atoms with Gasteiger partial charge in [-0.05, 0) is 48.4 Å². The first-order valence-corrected chi connectivity index (χ1v) is 12.1. The normalized spacial score (nSPS) is 16.1. The van der Waals surface area contributed by atoms with Crippen LogP contribution in [0.25, 0.3) is 0 Å². The smallest absolute Gasteiger partial charge is 0.264 e. The third kappa shape index (κ3) is 4.99. The van der Waals surface area contributed by atoms with E-state index in [0.717, 1.165) is 16.7 Å². The molecule has 0 aliphatic carbocycles.